The number of fused-ring (bicyclic) bond motifs is 1. The number of hydrogen-bond acceptors (Lipinski definition) is 6. The molecule has 4 rings (SSSR count). The lowest BCUT2D eigenvalue weighted by Crippen LogP contribution is -2.49. The summed E-state index contributed by atoms with van der Waals surface area (Å²) in [7, 11) is 1.80. The molecule has 0 aliphatic carbocycles. The molecule has 0 unspecified atom stereocenters. The number of benzene rings is 2. The lowest BCUT2D eigenvalue weighted by atomic mass is 9.94. The van der Waals surface area contributed by atoms with Gasteiger partial charge in [-0.15, -0.1) is 0 Å². The van der Waals surface area contributed by atoms with Crippen molar-refractivity contribution in [1.82, 2.24) is 14.8 Å². The summed E-state index contributed by atoms with van der Waals surface area (Å²) < 4.78 is 66.8. The smallest absolute Gasteiger partial charge is 0.308 e. The van der Waals surface area contributed by atoms with Gasteiger partial charge < -0.3 is 24.3 Å². The van der Waals surface area contributed by atoms with E-state index in [1.807, 2.05) is 34.9 Å². The first-order chi connectivity index (χ1) is 20.9. The Kier molecular flexibility index (Phi) is 10.3. The second-order valence-corrected chi connectivity index (χ2v) is 11.1. The van der Waals surface area contributed by atoms with Crippen LogP contribution in [0.1, 0.15) is 43.6 Å². The van der Waals surface area contributed by atoms with E-state index < -0.39 is 71.7 Å². The average molecular weight is 620 g/mol. The fraction of sp³-hybridized carbons (Fsp3) is 0.419. The van der Waals surface area contributed by atoms with Gasteiger partial charge in [-0.1, -0.05) is 32.0 Å². The summed E-state index contributed by atoms with van der Waals surface area (Å²) in [4.78, 5) is 53.4. The van der Waals surface area contributed by atoms with Crippen LogP contribution < -0.4 is 10.1 Å². The van der Waals surface area contributed by atoms with Crippen molar-refractivity contribution in [2.24, 2.45) is 18.9 Å². The monoisotopic (exact) mass is 619 g/mol. The van der Waals surface area contributed by atoms with Crippen molar-refractivity contribution in [2.45, 2.75) is 39.2 Å². The van der Waals surface area contributed by atoms with Crippen molar-refractivity contribution in [1.29, 1.82) is 0 Å². The van der Waals surface area contributed by atoms with Crippen LogP contribution in [0.5, 0.6) is 5.75 Å². The Morgan fingerprint density at radius 3 is 2.23 bits per heavy atom. The van der Waals surface area contributed by atoms with Crippen LogP contribution in [0.4, 0.5) is 17.6 Å². The average Bonchev–Trinajstić information content (AvgIpc) is 3.34. The molecule has 1 aromatic heterocycles. The first kappa shape index (κ1) is 32.5. The van der Waals surface area contributed by atoms with Crippen LogP contribution in [0.15, 0.2) is 36.4 Å². The van der Waals surface area contributed by atoms with Gasteiger partial charge in [-0.2, -0.15) is 8.78 Å². The van der Waals surface area contributed by atoms with Crippen LogP contribution in [0.3, 0.4) is 0 Å². The minimum Gasteiger partial charge on any atom is -0.479 e. The number of piperidine rings is 1. The van der Waals surface area contributed by atoms with Gasteiger partial charge in [0.25, 0.3) is 5.91 Å². The van der Waals surface area contributed by atoms with Crippen LogP contribution >= 0.6 is 0 Å². The molecule has 1 atom stereocenters. The molecule has 44 heavy (non-hydrogen) atoms. The number of rotatable bonds is 11. The van der Waals surface area contributed by atoms with Gasteiger partial charge in [0.2, 0.25) is 17.5 Å². The van der Waals surface area contributed by atoms with E-state index in [9.17, 15) is 36.7 Å². The molecule has 1 fully saturated rings. The van der Waals surface area contributed by atoms with Crippen molar-refractivity contribution >= 4 is 34.5 Å². The van der Waals surface area contributed by atoms with Gasteiger partial charge in [-0.05, 0) is 30.9 Å². The van der Waals surface area contributed by atoms with Gasteiger partial charge in [0.1, 0.15) is 18.3 Å². The van der Waals surface area contributed by atoms with E-state index in [2.05, 4.69) is 5.32 Å². The summed E-state index contributed by atoms with van der Waals surface area (Å²) in [5, 5.41) is 3.41. The van der Waals surface area contributed by atoms with Crippen molar-refractivity contribution in [3.63, 3.8) is 0 Å². The maximum atomic E-state index is 14.0. The van der Waals surface area contributed by atoms with Gasteiger partial charge in [-0.25, -0.2) is 8.78 Å². The van der Waals surface area contributed by atoms with E-state index in [-0.39, 0.29) is 50.4 Å². The summed E-state index contributed by atoms with van der Waals surface area (Å²) >= 11 is 0. The molecule has 0 radical (unpaired) electrons. The van der Waals surface area contributed by atoms with Crippen LogP contribution in [0.2, 0.25) is 0 Å². The first-order valence-electron chi connectivity index (χ1n) is 14.2. The minimum atomic E-state index is -1.83. The number of aryl methyl sites for hydroxylation is 1. The Bertz CT molecular complexity index is 1540. The molecular formula is C31H33F4N3O6. The second-order valence-electron chi connectivity index (χ2n) is 11.1. The Morgan fingerprint density at radius 2 is 1.61 bits per heavy atom. The van der Waals surface area contributed by atoms with E-state index in [4.69, 9.17) is 9.47 Å². The zero-order valence-corrected chi connectivity index (χ0v) is 24.5. The highest BCUT2D eigenvalue weighted by molar-refractivity contribution is 5.99. The number of aromatic nitrogens is 1. The number of ketones is 1. The number of nitrogens with one attached hydrogen (secondary N) is 1. The number of para-hydroxylation sites is 1. The molecular weight excluding hydrogens is 586 g/mol. The third kappa shape index (κ3) is 7.37. The Labute approximate surface area is 251 Å². The standard InChI is InChI=1S/C31H33F4N3O6/c1-17(2)15-43-26(40)14-22(25(39)16-44-29-27(34)20(32)13-21(33)28(29)35)36-30(41)18-8-10-38(11-9-18)31(42)24-12-19-6-4-5-7-23(19)37(24)3/h4-7,12-13,17-18,22H,8-11,14-16H2,1-3H3,(H,36,41)/t22-/m0/s1. The van der Waals surface area contributed by atoms with Crippen LogP contribution in [-0.4, -0.2) is 65.4 Å². The maximum absolute atomic E-state index is 14.0. The predicted molar refractivity (Wildman–Crippen MR) is 151 cm³/mol. The van der Waals surface area contributed by atoms with E-state index >= 15 is 0 Å². The van der Waals surface area contributed by atoms with Gasteiger partial charge in [0.05, 0.1) is 13.0 Å². The van der Waals surface area contributed by atoms with Gasteiger partial charge in [-0.3, -0.25) is 19.2 Å². The van der Waals surface area contributed by atoms with Gasteiger partial charge >= 0.3 is 5.97 Å². The molecule has 1 saturated heterocycles. The topological polar surface area (TPSA) is 107 Å². The number of hydrogen-bond donors (Lipinski definition) is 1. The third-order valence-corrected chi connectivity index (χ3v) is 7.41. The molecule has 236 valence electrons. The minimum absolute atomic E-state index is 0.00605. The van der Waals surface area contributed by atoms with Crippen molar-refractivity contribution in [2.75, 3.05) is 26.3 Å². The van der Waals surface area contributed by atoms with Crippen LogP contribution in [0.25, 0.3) is 10.9 Å². The Hall–Kier alpha value is -4.42. The van der Waals surface area contributed by atoms with Gasteiger partial charge in [0.15, 0.2) is 23.2 Å². The molecule has 0 spiro atoms. The van der Waals surface area contributed by atoms with E-state index in [0.29, 0.717) is 5.69 Å². The molecule has 2 aromatic carbocycles. The molecule has 1 aliphatic rings. The van der Waals surface area contributed by atoms with Crippen LogP contribution in [-0.2, 0) is 26.2 Å². The van der Waals surface area contributed by atoms with Crippen molar-refractivity contribution < 1.29 is 46.2 Å². The number of nitrogens with zero attached hydrogens (tertiary/aromatic N) is 2. The Balaban J connectivity index is 1.40. The van der Waals surface area contributed by atoms with Crippen LogP contribution in [0, 0.1) is 35.1 Å². The number of halogens is 4. The molecule has 1 N–H and O–H groups in total. The van der Waals surface area contributed by atoms with E-state index in [1.165, 1.54) is 0 Å². The number of carbonyl (C=O) groups is 4. The fourth-order valence-corrected chi connectivity index (χ4v) is 4.94. The third-order valence-electron chi connectivity index (χ3n) is 7.41. The number of esters is 1. The first-order valence-corrected chi connectivity index (χ1v) is 14.2. The van der Waals surface area contributed by atoms with E-state index in [0.717, 1.165) is 10.9 Å². The predicted octanol–water partition coefficient (Wildman–Crippen LogP) is 4.31. The summed E-state index contributed by atoms with van der Waals surface area (Å²) in [6.45, 7) is 3.07. The molecule has 0 bridgehead atoms. The van der Waals surface area contributed by atoms with E-state index in [1.54, 1.807) is 25.8 Å². The summed E-state index contributed by atoms with van der Waals surface area (Å²) in [6, 6.07) is 7.87. The highest BCUT2D eigenvalue weighted by Gasteiger charge is 2.33. The summed E-state index contributed by atoms with van der Waals surface area (Å²) in [5.74, 6) is -11.7. The lowest BCUT2D eigenvalue weighted by Gasteiger charge is -2.32. The fourth-order valence-electron chi connectivity index (χ4n) is 4.94. The normalized spacial score (nSPS) is 14.5. The lowest BCUT2D eigenvalue weighted by molar-refractivity contribution is -0.147. The molecule has 2 heterocycles. The second kappa shape index (κ2) is 13.9. The SMILES string of the molecule is CC(C)COC(=O)C[C@H](NC(=O)C1CCN(C(=O)c2cc3ccccc3n2C)CC1)C(=O)COc1c(F)c(F)cc(F)c1F. The number of ether oxygens (including phenoxy) is 2. The van der Waals surface area contributed by atoms with Crippen molar-refractivity contribution in [3.05, 3.63) is 65.4 Å². The number of Topliss-reactive ketones (excluding diaryl/α,β-unsaturated/α-hetero) is 1. The molecule has 1 aliphatic heterocycles. The molecule has 2 amide bonds. The van der Waals surface area contributed by atoms with Crippen molar-refractivity contribution in [3.8, 4) is 5.75 Å². The molecule has 9 nitrogen and oxygen atoms in total. The summed E-state index contributed by atoms with van der Waals surface area (Å²) in [6.07, 6.45) is -0.0626. The highest BCUT2D eigenvalue weighted by atomic mass is 19.2. The number of likely N-dealkylation sites (tertiary alicyclic amines) is 1. The molecule has 13 heteroatoms. The quantitative estimate of drug-likeness (QED) is 0.195. The highest BCUT2D eigenvalue weighted by Crippen LogP contribution is 2.27. The Morgan fingerprint density at radius 1 is 0.977 bits per heavy atom. The molecule has 0 saturated carbocycles. The summed E-state index contributed by atoms with van der Waals surface area (Å²) in [5.41, 5.74) is 1.41. The molecule has 3 aromatic rings. The number of amides is 2. The van der Waals surface area contributed by atoms with Gasteiger partial charge in [0, 0.05) is 43.0 Å². The maximum Gasteiger partial charge on any atom is 0.308 e. The largest absolute Gasteiger partial charge is 0.479 e. The zero-order chi connectivity index (χ0) is 32.1. The number of carbonyl (C=O) groups excluding carboxylic acids is 4. The zero-order valence-electron chi connectivity index (χ0n) is 24.5.